The van der Waals surface area contributed by atoms with Gasteiger partial charge in [0.05, 0.1) is 5.25 Å². The van der Waals surface area contributed by atoms with Gasteiger partial charge in [-0.2, -0.15) is 16.7 Å². The molecule has 0 spiro atoms. The molecule has 7 heteroatoms. The fourth-order valence-electron chi connectivity index (χ4n) is 1.43. The largest absolute Gasteiger partial charge is 0.383 e. The summed E-state index contributed by atoms with van der Waals surface area (Å²) in [4.78, 5) is 4.23. The number of rotatable bonds is 4. The minimum absolute atomic E-state index is 0.289. The number of aliphatic hydroxyl groups is 1. The standard InChI is InChI=1S/C9H15N3O2S2/c10-2-1-6(13)9-11-8(12-14-9)7-5-15-3-4-16-7/h6-7,13H,1-5,10H2/t6-,7?/m0/s1. The Bertz CT molecular complexity index is 328. The molecule has 1 saturated heterocycles. The molecule has 3 N–H and O–H groups in total. The van der Waals surface area contributed by atoms with Crippen LogP contribution in [0.4, 0.5) is 0 Å². The van der Waals surface area contributed by atoms with E-state index in [1.807, 2.05) is 23.5 Å². The lowest BCUT2D eigenvalue weighted by Gasteiger charge is -2.17. The highest BCUT2D eigenvalue weighted by atomic mass is 32.2. The molecule has 0 saturated carbocycles. The molecule has 1 fully saturated rings. The second-order valence-electron chi connectivity index (χ2n) is 3.52. The van der Waals surface area contributed by atoms with E-state index < -0.39 is 6.10 Å². The van der Waals surface area contributed by atoms with E-state index in [4.69, 9.17) is 10.3 Å². The van der Waals surface area contributed by atoms with Crippen molar-refractivity contribution in [2.75, 3.05) is 23.8 Å². The Morgan fingerprint density at radius 2 is 2.44 bits per heavy atom. The van der Waals surface area contributed by atoms with E-state index in [-0.39, 0.29) is 5.89 Å². The maximum Gasteiger partial charge on any atom is 0.255 e. The van der Waals surface area contributed by atoms with E-state index in [2.05, 4.69) is 10.1 Å². The summed E-state index contributed by atoms with van der Waals surface area (Å²) >= 11 is 3.74. The molecule has 5 nitrogen and oxygen atoms in total. The van der Waals surface area contributed by atoms with Gasteiger partial charge in [-0.3, -0.25) is 0 Å². The summed E-state index contributed by atoms with van der Waals surface area (Å²) < 4.78 is 5.04. The van der Waals surface area contributed by atoms with Gasteiger partial charge < -0.3 is 15.4 Å². The Hall–Kier alpha value is -0.240. The molecule has 2 heterocycles. The third kappa shape index (κ3) is 2.91. The highest BCUT2D eigenvalue weighted by Gasteiger charge is 2.23. The summed E-state index contributed by atoms with van der Waals surface area (Å²) in [5.74, 6) is 4.29. The summed E-state index contributed by atoms with van der Waals surface area (Å²) in [7, 11) is 0. The first kappa shape index (κ1) is 12.2. The second kappa shape index (κ2) is 5.90. The van der Waals surface area contributed by atoms with Crippen molar-refractivity contribution in [3.63, 3.8) is 0 Å². The van der Waals surface area contributed by atoms with Crippen LogP contribution in [0.2, 0.25) is 0 Å². The first-order valence-electron chi connectivity index (χ1n) is 5.22. The van der Waals surface area contributed by atoms with E-state index in [0.29, 0.717) is 24.0 Å². The van der Waals surface area contributed by atoms with Crippen molar-refractivity contribution >= 4 is 23.5 Å². The molecule has 1 aromatic heterocycles. The average Bonchev–Trinajstić information content (AvgIpc) is 2.80. The Morgan fingerprint density at radius 3 is 3.12 bits per heavy atom. The molecule has 1 aliphatic heterocycles. The minimum Gasteiger partial charge on any atom is -0.383 e. The summed E-state index contributed by atoms with van der Waals surface area (Å²) in [6.07, 6.45) is -0.277. The van der Waals surface area contributed by atoms with Crippen molar-refractivity contribution in [2.45, 2.75) is 17.8 Å². The Labute approximate surface area is 103 Å². The van der Waals surface area contributed by atoms with Gasteiger partial charge in [-0.1, -0.05) is 5.16 Å². The van der Waals surface area contributed by atoms with Crippen LogP contribution in [-0.4, -0.2) is 39.1 Å². The Kier molecular flexibility index (Phi) is 4.51. The maximum atomic E-state index is 9.64. The van der Waals surface area contributed by atoms with Crippen LogP contribution in [0.25, 0.3) is 0 Å². The highest BCUT2D eigenvalue weighted by molar-refractivity contribution is 8.06. The van der Waals surface area contributed by atoms with Crippen LogP contribution in [-0.2, 0) is 0 Å². The molecule has 0 radical (unpaired) electrons. The SMILES string of the molecule is NCC[C@H](O)c1nc(C2CSCCS2)no1. The molecule has 0 aliphatic carbocycles. The Balaban J connectivity index is 2.00. The minimum atomic E-state index is -0.729. The van der Waals surface area contributed by atoms with E-state index in [1.54, 1.807) is 0 Å². The van der Waals surface area contributed by atoms with Crippen molar-refractivity contribution < 1.29 is 9.63 Å². The van der Waals surface area contributed by atoms with Crippen molar-refractivity contribution in [3.05, 3.63) is 11.7 Å². The Morgan fingerprint density at radius 1 is 1.56 bits per heavy atom. The maximum absolute atomic E-state index is 9.64. The zero-order valence-corrected chi connectivity index (χ0v) is 10.5. The number of nitrogens with two attached hydrogens (primary N) is 1. The van der Waals surface area contributed by atoms with Gasteiger partial charge in [-0.25, -0.2) is 0 Å². The van der Waals surface area contributed by atoms with Gasteiger partial charge in [0.15, 0.2) is 5.82 Å². The van der Waals surface area contributed by atoms with E-state index >= 15 is 0 Å². The smallest absolute Gasteiger partial charge is 0.255 e. The van der Waals surface area contributed by atoms with Gasteiger partial charge in [0.1, 0.15) is 6.10 Å². The number of aliphatic hydroxyl groups excluding tert-OH is 1. The van der Waals surface area contributed by atoms with Crippen molar-refractivity contribution in [3.8, 4) is 0 Å². The van der Waals surface area contributed by atoms with E-state index in [9.17, 15) is 5.11 Å². The van der Waals surface area contributed by atoms with Gasteiger partial charge in [0, 0.05) is 17.3 Å². The van der Waals surface area contributed by atoms with Gasteiger partial charge in [0.2, 0.25) is 0 Å². The molecule has 0 bridgehead atoms. The molecule has 1 aromatic rings. The number of thioether (sulfide) groups is 2. The predicted octanol–water partition coefficient (Wildman–Crippen LogP) is 0.973. The van der Waals surface area contributed by atoms with Crippen molar-refractivity contribution in [1.82, 2.24) is 10.1 Å². The average molecular weight is 261 g/mol. The molecular weight excluding hydrogens is 246 g/mol. The molecule has 90 valence electrons. The molecule has 0 aromatic carbocycles. The molecule has 0 amide bonds. The summed E-state index contributed by atoms with van der Waals surface area (Å²) in [5.41, 5.74) is 5.36. The number of aromatic nitrogens is 2. The molecule has 1 unspecified atom stereocenters. The van der Waals surface area contributed by atoms with E-state index in [0.717, 1.165) is 11.5 Å². The third-order valence-electron chi connectivity index (χ3n) is 2.29. The van der Waals surface area contributed by atoms with E-state index in [1.165, 1.54) is 5.75 Å². The van der Waals surface area contributed by atoms with Crippen molar-refractivity contribution in [2.24, 2.45) is 5.73 Å². The van der Waals surface area contributed by atoms with Crippen LogP contribution in [0.5, 0.6) is 0 Å². The number of hydrogen-bond acceptors (Lipinski definition) is 7. The quantitative estimate of drug-likeness (QED) is 0.835. The van der Waals surface area contributed by atoms with Gasteiger partial charge in [0.25, 0.3) is 5.89 Å². The molecule has 2 rings (SSSR count). The predicted molar refractivity (Wildman–Crippen MR) is 65.5 cm³/mol. The normalized spacial score (nSPS) is 23.2. The molecule has 2 atom stereocenters. The fraction of sp³-hybridized carbons (Fsp3) is 0.778. The van der Waals surface area contributed by atoms with Crippen molar-refractivity contribution in [1.29, 1.82) is 0 Å². The monoisotopic (exact) mass is 261 g/mol. The third-order valence-corrected chi connectivity index (χ3v) is 5.04. The van der Waals surface area contributed by atoms with Crippen LogP contribution in [0, 0.1) is 0 Å². The van der Waals surface area contributed by atoms with Crippen LogP contribution in [0.3, 0.4) is 0 Å². The van der Waals surface area contributed by atoms with Crippen LogP contribution < -0.4 is 5.73 Å². The van der Waals surface area contributed by atoms with Crippen LogP contribution >= 0.6 is 23.5 Å². The highest BCUT2D eigenvalue weighted by Crippen LogP contribution is 2.35. The molecule has 16 heavy (non-hydrogen) atoms. The fourth-order valence-corrected chi connectivity index (χ4v) is 4.02. The summed E-state index contributed by atoms with van der Waals surface area (Å²) in [5, 5.41) is 13.9. The first-order chi connectivity index (χ1) is 7.81. The van der Waals surface area contributed by atoms with Crippen LogP contribution in [0.15, 0.2) is 4.52 Å². The lowest BCUT2D eigenvalue weighted by Crippen LogP contribution is -2.09. The van der Waals surface area contributed by atoms with Crippen LogP contribution in [0.1, 0.15) is 29.5 Å². The topological polar surface area (TPSA) is 85.2 Å². The lowest BCUT2D eigenvalue weighted by molar-refractivity contribution is 0.127. The first-order valence-corrected chi connectivity index (χ1v) is 7.42. The summed E-state index contributed by atoms with van der Waals surface area (Å²) in [6, 6.07) is 0. The zero-order valence-electron chi connectivity index (χ0n) is 8.83. The summed E-state index contributed by atoms with van der Waals surface area (Å²) in [6.45, 7) is 0.410. The van der Waals surface area contributed by atoms with Gasteiger partial charge in [-0.15, -0.1) is 11.8 Å². The zero-order chi connectivity index (χ0) is 11.4. The van der Waals surface area contributed by atoms with Gasteiger partial charge >= 0.3 is 0 Å². The van der Waals surface area contributed by atoms with Gasteiger partial charge in [-0.05, 0) is 13.0 Å². The number of nitrogens with zero attached hydrogens (tertiary/aromatic N) is 2. The number of hydrogen-bond donors (Lipinski definition) is 2. The second-order valence-corrected chi connectivity index (χ2v) is 5.98. The molecular formula is C9H15N3O2S2. The lowest BCUT2D eigenvalue weighted by atomic mass is 10.2. The molecule has 1 aliphatic rings.